The Morgan fingerprint density at radius 3 is 2.76 bits per heavy atom. The molecule has 1 aromatic carbocycles. The molecule has 1 heterocycles. The lowest BCUT2D eigenvalue weighted by Crippen LogP contribution is -2.27. The van der Waals surface area contributed by atoms with Gasteiger partial charge in [0, 0.05) is 18.8 Å². The van der Waals surface area contributed by atoms with Crippen molar-refractivity contribution in [3.8, 4) is 0 Å². The molecule has 0 spiro atoms. The third-order valence-corrected chi connectivity index (χ3v) is 2.64. The van der Waals surface area contributed by atoms with E-state index in [0.29, 0.717) is 11.6 Å². The maximum Gasteiger partial charge on any atom is 0.347 e. The van der Waals surface area contributed by atoms with Gasteiger partial charge in [0.2, 0.25) is 0 Å². The van der Waals surface area contributed by atoms with Crippen LogP contribution in [0, 0.1) is 0 Å². The Kier molecular flexibility index (Phi) is 3.56. The first kappa shape index (κ1) is 11.8. The van der Waals surface area contributed by atoms with E-state index < -0.39 is 0 Å². The highest BCUT2D eigenvalue weighted by molar-refractivity contribution is 6.30. The van der Waals surface area contributed by atoms with Crippen molar-refractivity contribution in [1.29, 1.82) is 0 Å². The van der Waals surface area contributed by atoms with Gasteiger partial charge in [-0.1, -0.05) is 41.9 Å². The predicted octanol–water partition coefficient (Wildman–Crippen LogP) is 1.60. The molecule has 1 unspecified atom stereocenters. The first-order chi connectivity index (χ1) is 8.16. The molecule has 0 aliphatic heterocycles. The van der Waals surface area contributed by atoms with Gasteiger partial charge in [-0.15, -0.1) is 0 Å². The molecule has 88 valence electrons. The second-order valence-electron chi connectivity index (χ2n) is 3.72. The van der Waals surface area contributed by atoms with Crippen molar-refractivity contribution in [3.05, 3.63) is 63.8 Å². The standard InChI is InChI=1S/C12H12ClN3O/c13-10-6-15-12(17)16(7-10)8-11(14)9-4-2-1-3-5-9/h1-7,11H,8,14H2. The first-order valence-electron chi connectivity index (χ1n) is 5.19. The lowest BCUT2D eigenvalue weighted by atomic mass is 10.1. The molecule has 1 atom stereocenters. The van der Waals surface area contributed by atoms with Crippen molar-refractivity contribution in [1.82, 2.24) is 9.55 Å². The van der Waals surface area contributed by atoms with Crippen molar-refractivity contribution in [3.63, 3.8) is 0 Å². The van der Waals surface area contributed by atoms with E-state index >= 15 is 0 Å². The van der Waals surface area contributed by atoms with Crippen molar-refractivity contribution in [2.75, 3.05) is 0 Å². The van der Waals surface area contributed by atoms with Gasteiger partial charge in [0.05, 0.1) is 11.2 Å². The average Bonchev–Trinajstić information content (AvgIpc) is 2.35. The minimum absolute atomic E-state index is 0.255. The smallest absolute Gasteiger partial charge is 0.322 e. The van der Waals surface area contributed by atoms with Gasteiger partial charge in [-0.05, 0) is 5.56 Å². The van der Waals surface area contributed by atoms with Gasteiger partial charge in [-0.25, -0.2) is 9.78 Å². The van der Waals surface area contributed by atoms with E-state index in [-0.39, 0.29) is 11.7 Å². The largest absolute Gasteiger partial charge is 0.347 e. The molecule has 0 saturated heterocycles. The maximum atomic E-state index is 11.5. The van der Waals surface area contributed by atoms with Gasteiger partial charge in [0.15, 0.2) is 0 Å². The van der Waals surface area contributed by atoms with Crippen molar-refractivity contribution in [2.24, 2.45) is 5.73 Å². The zero-order chi connectivity index (χ0) is 12.3. The third-order valence-electron chi connectivity index (χ3n) is 2.44. The van der Waals surface area contributed by atoms with E-state index in [4.69, 9.17) is 17.3 Å². The monoisotopic (exact) mass is 249 g/mol. The number of nitrogens with zero attached hydrogens (tertiary/aromatic N) is 2. The lowest BCUT2D eigenvalue weighted by molar-refractivity contribution is 0.551. The van der Waals surface area contributed by atoms with Crippen LogP contribution in [-0.4, -0.2) is 9.55 Å². The molecule has 0 aliphatic rings. The van der Waals surface area contributed by atoms with Crippen molar-refractivity contribution in [2.45, 2.75) is 12.6 Å². The van der Waals surface area contributed by atoms with Crippen LogP contribution in [0.2, 0.25) is 5.02 Å². The van der Waals surface area contributed by atoms with Crippen LogP contribution in [0.4, 0.5) is 0 Å². The first-order valence-corrected chi connectivity index (χ1v) is 5.57. The lowest BCUT2D eigenvalue weighted by Gasteiger charge is -2.13. The van der Waals surface area contributed by atoms with Crippen LogP contribution in [0.1, 0.15) is 11.6 Å². The van der Waals surface area contributed by atoms with Gasteiger partial charge >= 0.3 is 5.69 Å². The number of nitrogens with two attached hydrogens (primary N) is 1. The van der Waals surface area contributed by atoms with Gasteiger partial charge in [0.1, 0.15) is 0 Å². The van der Waals surface area contributed by atoms with Gasteiger partial charge in [-0.3, -0.25) is 4.57 Å². The number of hydrogen-bond acceptors (Lipinski definition) is 3. The van der Waals surface area contributed by atoms with Crippen LogP contribution < -0.4 is 11.4 Å². The molecule has 2 aromatic rings. The summed E-state index contributed by atoms with van der Waals surface area (Å²) in [4.78, 5) is 15.1. The fraction of sp³-hybridized carbons (Fsp3) is 0.167. The van der Waals surface area contributed by atoms with Crippen molar-refractivity contribution >= 4 is 11.6 Å². The van der Waals surface area contributed by atoms with E-state index in [0.717, 1.165) is 5.56 Å². The zero-order valence-corrected chi connectivity index (χ0v) is 9.84. The number of benzene rings is 1. The molecule has 0 amide bonds. The van der Waals surface area contributed by atoms with E-state index in [1.165, 1.54) is 10.8 Å². The third kappa shape index (κ3) is 2.93. The Morgan fingerprint density at radius 2 is 2.06 bits per heavy atom. The number of rotatable bonds is 3. The van der Waals surface area contributed by atoms with E-state index in [1.54, 1.807) is 6.20 Å². The fourth-order valence-electron chi connectivity index (χ4n) is 1.58. The van der Waals surface area contributed by atoms with E-state index in [2.05, 4.69) is 4.98 Å². The van der Waals surface area contributed by atoms with Gasteiger partial charge < -0.3 is 5.73 Å². The van der Waals surface area contributed by atoms with E-state index in [1.807, 2.05) is 30.3 Å². The molecule has 17 heavy (non-hydrogen) atoms. The van der Waals surface area contributed by atoms with Crippen LogP contribution in [0.15, 0.2) is 47.5 Å². The molecule has 1 aromatic heterocycles. The van der Waals surface area contributed by atoms with Crippen molar-refractivity contribution < 1.29 is 0 Å². The van der Waals surface area contributed by atoms with Crippen LogP contribution in [0.5, 0.6) is 0 Å². The Labute approximate surface area is 104 Å². The van der Waals surface area contributed by atoms with Crippen LogP contribution >= 0.6 is 11.6 Å². The zero-order valence-electron chi connectivity index (χ0n) is 9.08. The Bertz CT molecular complexity index is 553. The van der Waals surface area contributed by atoms with Crippen LogP contribution in [-0.2, 0) is 6.54 Å². The van der Waals surface area contributed by atoms with Crippen LogP contribution in [0.3, 0.4) is 0 Å². The highest BCUT2D eigenvalue weighted by atomic mass is 35.5. The number of hydrogen-bond donors (Lipinski definition) is 1. The Hall–Kier alpha value is -1.65. The molecule has 0 radical (unpaired) electrons. The summed E-state index contributed by atoms with van der Waals surface area (Å²) in [5, 5.41) is 0.421. The number of aromatic nitrogens is 2. The quantitative estimate of drug-likeness (QED) is 0.899. The van der Waals surface area contributed by atoms with Gasteiger partial charge in [0.25, 0.3) is 0 Å². The summed E-state index contributed by atoms with van der Waals surface area (Å²) < 4.78 is 1.42. The normalized spacial score (nSPS) is 12.4. The summed E-state index contributed by atoms with van der Waals surface area (Å²) in [5.41, 5.74) is 6.64. The summed E-state index contributed by atoms with van der Waals surface area (Å²) in [6.07, 6.45) is 2.87. The molecule has 0 bridgehead atoms. The summed E-state index contributed by atoms with van der Waals surface area (Å²) in [7, 11) is 0. The topological polar surface area (TPSA) is 60.9 Å². The molecular formula is C12H12ClN3O. The predicted molar refractivity (Wildman–Crippen MR) is 66.9 cm³/mol. The molecule has 2 N–H and O–H groups in total. The molecule has 2 rings (SSSR count). The minimum Gasteiger partial charge on any atom is -0.322 e. The van der Waals surface area contributed by atoms with Crippen LogP contribution in [0.25, 0.3) is 0 Å². The summed E-state index contributed by atoms with van der Waals surface area (Å²) in [6.45, 7) is 0.358. The van der Waals surface area contributed by atoms with E-state index in [9.17, 15) is 4.79 Å². The minimum atomic E-state index is -0.346. The maximum absolute atomic E-state index is 11.5. The van der Waals surface area contributed by atoms with Gasteiger partial charge in [-0.2, -0.15) is 0 Å². The Balaban J connectivity index is 2.21. The SMILES string of the molecule is NC(Cn1cc(Cl)cnc1=O)c1ccccc1. The summed E-state index contributed by atoms with van der Waals surface area (Å²) in [6, 6.07) is 9.33. The fourth-order valence-corrected chi connectivity index (χ4v) is 1.74. The second kappa shape index (κ2) is 5.12. The summed E-state index contributed by atoms with van der Waals surface area (Å²) in [5.74, 6) is 0. The highest BCUT2D eigenvalue weighted by Crippen LogP contribution is 2.11. The molecule has 5 heteroatoms. The molecule has 0 saturated carbocycles. The molecular weight excluding hydrogens is 238 g/mol. The highest BCUT2D eigenvalue weighted by Gasteiger charge is 2.07. The Morgan fingerprint density at radius 1 is 1.35 bits per heavy atom. The molecule has 4 nitrogen and oxygen atoms in total. The number of halogens is 1. The summed E-state index contributed by atoms with van der Waals surface area (Å²) >= 11 is 5.78. The molecule has 0 fully saturated rings. The second-order valence-corrected chi connectivity index (χ2v) is 4.16. The average molecular weight is 250 g/mol. The molecule has 0 aliphatic carbocycles.